The number of aliphatic carboxylic acids is 1. The number of nitrogens with one attached hydrogen (secondary N) is 1. The summed E-state index contributed by atoms with van der Waals surface area (Å²) >= 11 is 1.83. The van der Waals surface area contributed by atoms with Crippen LogP contribution in [0.1, 0.15) is 36.6 Å². The van der Waals surface area contributed by atoms with Crippen molar-refractivity contribution in [3.05, 3.63) is 21.9 Å². The van der Waals surface area contributed by atoms with E-state index in [0.717, 1.165) is 32.4 Å². The van der Waals surface area contributed by atoms with Gasteiger partial charge in [-0.15, -0.1) is 11.3 Å². The molecule has 0 radical (unpaired) electrons. The molecular weight excluding hydrogens is 350 g/mol. The van der Waals surface area contributed by atoms with Crippen molar-refractivity contribution in [3.8, 4) is 0 Å². The van der Waals surface area contributed by atoms with Crippen LogP contribution in [0.5, 0.6) is 0 Å². The summed E-state index contributed by atoms with van der Waals surface area (Å²) in [5, 5.41) is 14.9. The Morgan fingerprint density at radius 1 is 1.50 bits per heavy atom. The highest BCUT2D eigenvalue weighted by molar-refractivity contribution is 7.10. The van der Waals surface area contributed by atoms with Crippen molar-refractivity contribution in [3.63, 3.8) is 0 Å². The highest BCUT2D eigenvalue weighted by Crippen LogP contribution is 2.48. The quantitative estimate of drug-likeness (QED) is 0.845. The molecule has 1 aliphatic carbocycles. The highest BCUT2D eigenvalue weighted by Gasteiger charge is 2.55. The van der Waals surface area contributed by atoms with E-state index < -0.39 is 11.4 Å². The fourth-order valence-corrected chi connectivity index (χ4v) is 5.81. The predicted molar refractivity (Wildman–Crippen MR) is 100 cm³/mol. The fraction of sp³-hybridized carbons (Fsp3) is 0.684. The predicted octanol–water partition coefficient (Wildman–Crippen LogP) is 2.39. The van der Waals surface area contributed by atoms with E-state index in [1.807, 2.05) is 11.3 Å². The first kappa shape index (κ1) is 17.8. The summed E-state index contributed by atoms with van der Waals surface area (Å²) in [6.45, 7) is 5.65. The summed E-state index contributed by atoms with van der Waals surface area (Å²) < 4.78 is 0. The number of thiophene rings is 1. The molecule has 3 atom stereocenters. The van der Waals surface area contributed by atoms with Crippen molar-refractivity contribution in [2.24, 2.45) is 11.3 Å². The zero-order chi connectivity index (χ0) is 18.3. The Hall–Kier alpha value is -1.60. The van der Waals surface area contributed by atoms with E-state index in [1.54, 1.807) is 4.90 Å². The van der Waals surface area contributed by atoms with Gasteiger partial charge in [-0.25, -0.2) is 4.79 Å². The number of carboxylic acids is 1. The number of rotatable bonds is 4. The molecule has 26 heavy (non-hydrogen) atoms. The van der Waals surface area contributed by atoms with Gasteiger partial charge in [0.05, 0.1) is 5.41 Å². The summed E-state index contributed by atoms with van der Waals surface area (Å²) in [5.74, 6) is -0.620. The first-order valence-corrected chi connectivity index (χ1v) is 10.4. The van der Waals surface area contributed by atoms with Crippen LogP contribution in [-0.2, 0) is 17.8 Å². The molecule has 1 saturated heterocycles. The van der Waals surface area contributed by atoms with E-state index in [-0.39, 0.29) is 18.0 Å². The molecule has 142 valence electrons. The third-order valence-corrected chi connectivity index (χ3v) is 7.62. The summed E-state index contributed by atoms with van der Waals surface area (Å²) in [6.07, 6.45) is 3.66. The number of hydrogen-bond donors (Lipinski definition) is 2. The average Bonchev–Trinajstić information content (AvgIpc) is 3.31. The average molecular weight is 378 g/mol. The molecule has 2 aliphatic heterocycles. The topological polar surface area (TPSA) is 72.9 Å². The van der Waals surface area contributed by atoms with Crippen molar-refractivity contribution in [2.45, 2.75) is 45.2 Å². The molecular formula is C19H27N3O3S. The number of carbonyl (C=O) groups excluding carboxylic acids is 1. The molecule has 1 aromatic heterocycles. The first-order valence-electron chi connectivity index (χ1n) is 9.55. The minimum Gasteiger partial charge on any atom is -0.481 e. The number of amides is 2. The van der Waals surface area contributed by atoms with Crippen LogP contribution in [-0.4, -0.2) is 59.1 Å². The highest BCUT2D eigenvalue weighted by atomic mass is 32.1. The van der Waals surface area contributed by atoms with Crippen LogP contribution < -0.4 is 5.32 Å². The van der Waals surface area contributed by atoms with Crippen molar-refractivity contribution >= 4 is 23.3 Å². The summed E-state index contributed by atoms with van der Waals surface area (Å²) in [5.41, 5.74) is 0.709. The van der Waals surface area contributed by atoms with Gasteiger partial charge in [-0.2, -0.15) is 0 Å². The van der Waals surface area contributed by atoms with Gasteiger partial charge in [-0.1, -0.05) is 6.42 Å². The van der Waals surface area contributed by atoms with E-state index in [1.165, 1.54) is 10.4 Å². The lowest BCUT2D eigenvalue weighted by atomic mass is 9.81. The zero-order valence-electron chi connectivity index (χ0n) is 15.2. The Kier molecular flexibility index (Phi) is 4.69. The van der Waals surface area contributed by atoms with Gasteiger partial charge in [-0.3, -0.25) is 9.69 Å². The number of hydrogen-bond acceptors (Lipinski definition) is 4. The Morgan fingerprint density at radius 3 is 3.12 bits per heavy atom. The van der Waals surface area contributed by atoms with Crippen LogP contribution in [0, 0.1) is 11.3 Å². The van der Waals surface area contributed by atoms with Crippen LogP contribution in [0.2, 0.25) is 0 Å². The van der Waals surface area contributed by atoms with Crippen LogP contribution in [0.3, 0.4) is 0 Å². The third kappa shape index (κ3) is 3.01. The molecule has 0 bridgehead atoms. The standard InChI is InChI=1S/C19H27N3O3S/c1-13(21-7-4-16-14(10-21)5-8-26-16)9-20-18(25)22-11-15-3-2-6-19(15,12-22)17(23)24/h5,8,13,15H,2-4,6-7,9-12H2,1H3,(H,20,25)(H,23,24)/t13?,15-,19+/m0/s1. The maximum Gasteiger partial charge on any atom is 0.317 e. The van der Waals surface area contributed by atoms with E-state index in [4.69, 9.17) is 0 Å². The van der Waals surface area contributed by atoms with Crippen molar-refractivity contribution in [2.75, 3.05) is 26.2 Å². The molecule has 2 N–H and O–H groups in total. The lowest BCUT2D eigenvalue weighted by Crippen LogP contribution is -2.48. The van der Waals surface area contributed by atoms with Crippen molar-refractivity contribution in [1.29, 1.82) is 0 Å². The second-order valence-corrected chi connectivity index (χ2v) is 9.06. The largest absolute Gasteiger partial charge is 0.481 e. The van der Waals surface area contributed by atoms with E-state index in [0.29, 0.717) is 26.1 Å². The molecule has 3 heterocycles. The van der Waals surface area contributed by atoms with Crippen LogP contribution in [0.15, 0.2) is 11.4 Å². The smallest absolute Gasteiger partial charge is 0.317 e. The van der Waals surface area contributed by atoms with Gasteiger partial charge in [0.2, 0.25) is 0 Å². The minimum absolute atomic E-state index is 0.111. The lowest BCUT2D eigenvalue weighted by molar-refractivity contribution is -0.149. The van der Waals surface area contributed by atoms with Crippen LogP contribution in [0.4, 0.5) is 4.79 Å². The number of likely N-dealkylation sites (tertiary alicyclic amines) is 1. The maximum atomic E-state index is 12.6. The Morgan fingerprint density at radius 2 is 2.35 bits per heavy atom. The van der Waals surface area contributed by atoms with Crippen molar-refractivity contribution < 1.29 is 14.7 Å². The molecule has 6 nitrogen and oxygen atoms in total. The van der Waals surface area contributed by atoms with Gasteiger partial charge in [0.1, 0.15) is 0 Å². The van der Waals surface area contributed by atoms with E-state index >= 15 is 0 Å². The molecule has 0 spiro atoms. The van der Waals surface area contributed by atoms with E-state index in [9.17, 15) is 14.7 Å². The molecule has 4 rings (SSSR count). The SMILES string of the molecule is CC(CNC(=O)N1C[C@@H]2CCC[C@@]2(C(=O)O)C1)N1CCc2sccc2C1. The third-order valence-electron chi connectivity index (χ3n) is 6.59. The number of fused-ring (bicyclic) bond motifs is 2. The Balaban J connectivity index is 1.30. The van der Waals surface area contributed by atoms with Gasteiger partial charge in [-0.05, 0) is 49.1 Å². The fourth-order valence-electron chi connectivity index (χ4n) is 4.92. The van der Waals surface area contributed by atoms with Gasteiger partial charge in [0, 0.05) is 43.6 Å². The van der Waals surface area contributed by atoms with Gasteiger partial charge in [0.25, 0.3) is 0 Å². The van der Waals surface area contributed by atoms with Gasteiger partial charge < -0.3 is 15.3 Å². The molecule has 1 saturated carbocycles. The maximum absolute atomic E-state index is 12.6. The Labute approximate surface area is 158 Å². The lowest BCUT2D eigenvalue weighted by Gasteiger charge is -2.33. The first-order chi connectivity index (χ1) is 12.5. The number of nitrogens with zero attached hydrogens (tertiary/aromatic N) is 2. The second kappa shape index (κ2) is 6.85. The van der Waals surface area contributed by atoms with Crippen molar-refractivity contribution in [1.82, 2.24) is 15.1 Å². The number of carbonyl (C=O) groups is 2. The second-order valence-electron chi connectivity index (χ2n) is 8.06. The van der Waals surface area contributed by atoms with Crippen LogP contribution >= 0.6 is 11.3 Å². The number of carboxylic acid groups (broad SMARTS) is 1. The number of urea groups is 1. The summed E-state index contributed by atoms with van der Waals surface area (Å²) in [7, 11) is 0. The van der Waals surface area contributed by atoms with Crippen LogP contribution in [0.25, 0.3) is 0 Å². The molecule has 2 amide bonds. The molecule has 7 heteroatoms. The van der Waals surface area contributed by atoms with Gasteiger partial charge >= 0.3 is 12.0 Å². The minimum atomic E-state index is -0.733. The monoisotopic (exact) mass is 377 g/mol. The zero-order valence-corrected chi connectivity index (χ0v) is 16.1. The molecule has 1 aromatic rings. The summed E-state index contributed by atoms with van der Waals surface area (Å²) in [6, 6.07) is 2.36. The van der Waals surface area contributed by atoms with Gasteiger partial charge in [0.15, 0.2) is 0 Å². The molecule has 1 unspecified atom stereocenters. The molecule has 3 aliphatic rings. The Bertz CT molecular complexity index is 706. The normalized spacial score (nSPS) is 29.3. The van der Waals surface area contributed by atoms with E-state index in [2.05, 4.69) is 28.6 Å². The molecule has 0 aromatic carbocycles. The summed E-state index contributed by atoms with van der Waals surface area (Å²) in [4.78, 5) is 30.0. The molecule has 2 fully saturated rings.